The van der Waals surface area contributed by atoms with Crippen LogP contribution in [0.3, 0.4) is 0 Å². The molecule has 5 N–H and O–H groups in total. The number of Topliss-reactive ketones (excluding diaryl/α,β-unsaturated/α-hetero) is 1. The summed E-state index contributed by atoms with van der Waals surface area (Å²) in [5, 5.41) is 55.2. The minimum Gasteiger partial charge on any atom is -0.507 e. The van der Waals surface area contributed by atoms with Gasteiger partial charge in [-0.2, -0.15) is 0 Å². The molecule has 0 saturated carbocycles. The lowest BCUT2D eigenvalue weighted by atomic mass is 9.72. The van der Waals surface area contributed by atoms with Crippen molar-refractivity contribution in [3.63, 3.8) is 0 Å². The minimum atomic E-state index is -2.24. The summed E-state index contributed by atoms with van der Waals surface area (Å²) in [5.74, 6) is -3.68. The first-order chi connectivity index (χ1) is 21.0. The third-order valence-corrected chi connectivity index (χ3v) is 9.24. The Morgan fingerprint density at radius 1 is 1.09 bits per heavy atom. The summed E-state index contributed by atoms with van der Waals surface area (Å²) in [5.41, 5.74) is -3.52. The second-order valence-electron chi connectivity index (χ2n) is 11.7. The zero-order valence-corrected chi connectivity index (χ0v) is 24.3. The smallest absolute Gasteiger partial charge is 0.202 e. The van der Waals surface area contributed by atoms with E-state index in [1.54, 1.807) is 6.92 Å². The van der Waals surface area contributed by atoms with Gasteiger partial charge < -0.3 is 44.5 Å². The van der Waals surface area contributed by atoms with Crippen molar-refractivity contribution in [2.45, 2.75) is 62.4 Å². The van der Waals surface area contributed by atoms with Crippen LogP contribution in [0.25, 0.3) is 0 Å². The summed E-state index contributed by atoms with van der Waals surface area (Å²) in [6.07, 6.45) is -4.66. The van der Waals surface area contributed by atoms with Gasteiger partial charge in [0, 0.05) is 55.1 Å². The first-order valence-corrected chi connectivity index (χ1v) is 14.5. The molecule has 2 aromatic carbocycles. The number of aromatic hydroxyl groups is 2. The molecule has 2 heterocycles. The van der Waals surface area contributed by atoms with Gasteiger partial charge in [0.1, 0.15) is 29.5 Å². The Balaban J connectivity index is 1.45. The summed E-state index contributed by atoms with van der Waals surface area (Å²) in [7, 11) is 1.34. The van der Waals surface area contributed by atoms with Crippen molar-refractivity contribution in [3.05, 3.63) is 51.6 Å². The number of carbonyl (C=O) groups is 3. The van der Waals surface area contributed by atoms with Crippen molar-refractivity contribution >= 4 is 17.3 Å². The fourth-order valence-corrected chi connectivity index (χ4v) is 6.96. The van der Waals surface area contributed by atoms with E-state index in [1.165, 1.54) is 25.3 Å². The van der Waals surface area contributed by atoms with Crippen molar-refractivity contribution < 1.29 is 58.9 Å². The fourth-order valence-electron chi connectivity index (χ4n) is 6.96. The molecule has 1 unspecified atom stereocenters. The van der Waals surface area contributed by atoms with Crippen LogP contribution in [-0.2, 0) is 25.4 Å². The molecule has 13 nitrogen and oxygen atoms in total. The maximum atomic E-state index is 13.8. The Hall–Kier alpha value is -3.43. The second kappa shape index (κ2) is 11.5. The SMILES string of the molecule is COc1cccc2c1C(=O)c1c(O)c3c(c(O)c1C2=O)C[C@@](O)(C(=O)CO)C[C@@H]3O[C@H]1C[C@@H](N2CCOCC2)[C@H](O)C(C)O1. The lowest BCUT2D eigenvalue weighted by molar-refractivity contribution is -0.260. The van der Waals surface area contributed by atoms with Gasteiger partial charge in [0.2, 0.25) is 5.78 Å². The number of ketones is 3. The Labute approximate surface area is 252 Å². The highest BCUT2D eigenvalue weighted by atomic mass is 16.7. The monoisotopic (exact) mass is 613 g/mol. The highest BCUT2D eigenvalue weighted by Gasteiger charge is 2.50. The van der Waals surface area contributed by atoms with Crippen LogP contribution in [0.1, 0.15) is 68.8 Å². The van der Waals surface area contributed by atoms with Crippen molar-refractivity contribution in [2.75, 3.05) is 40.0 Å². The molecule has 0 bridgehead atoms. The van der Waals surface area contributed by atoms with Crippen molar-refractivity contribution in [1.29, 1.82) is 0 Å². The van der Waals surface area contributed by atoms with E-state index in [4.69, 9.17) is 18.9 Å². The van der Waals surface area contributed by atoms with Crippen LogP contribution in [-0.4, -0.2) is 118 Å². The van der Waals surface area contributed by atoms with Crippen LogP contribution in [0.5, 0.6) is 17.2 Å². The number of carbonyl (C=O) groups excluding carboxylic acids is 3. The molecule has 6 atom stereocenters. The zero-order valence-electron chi connectivity index (χ0n) is 24.3. The van der Waals surface area contributed by atoms with Crippen LogP contribution < -0.4 is 4.74 Å². The molecular formula is C31H35NO12. The maximum absolute atomic E-state index is 13.8. The lowest BCUT2D eigenvalue weighted by Crippen LogP contribution is -2.58. The average Bonchev–Trinajstić information content (AvgIpc) is 3.02. The number of methoxy groups -OCH3 is 1. The van der Waals surface area contributed by atoms with Crippen LogP contribution in [0.15, 0.2) is 18.2 Å². The lowest BCUT2D eigenvalue weighted by Gasteiger charge is -2.46. The van der Waals surface area contributed by atoms with E-state index in [1.807, 2.05) is 0 Å². The summed E-state index contributed by atoms with van der Waals surface area (Å²) < 4.78 is 23.0. The largest absolute Gasteiger partial charge is 0.507 e. The quantitative estimate of drug-likeness (QED) is 0.240. The van der Waals surface area contributed by atoms with Gasteiger partial charge in [-0.15, -0.1) is 0 Å². The van der Waals surface area contributed by atoms with Crippen LogP contribution >= 0.6 is 0 Å². The molecule has 2 aromatic rings. The fraction of sp³-hybridized carbons (Fsp3) is 0.516. The molecule has 236 valence electrons. The standard InChI is InChI=1S/C31H35NO12/c1-14-26(35)17(32-6-8-42-9-7-32)10-21(43-14)44-19-12-31(40,20(34)13-33)11-16-23(19)30(39)25-24(28(16)37)27(36)15-4-3-5-18(41-2)22(15)29(25)38/h3-5,14,17,19,21,26,33,35,37,39-40H,6-13H2,1-2H3/t14?,17-,19+,21+,26-,31+/m1/s1. The van der Waals surface area contributed by atoms with Gasteiger partial charge in [0.15, 0.2) is 17.9 Å². The number of hydrogen-bond acceptors (Lipinski definition) is 13. The number of phenols is 2. The first-order valence-electron chi connectivity index (χ1n) is 14.5. The molecule has 2 saturated heterocycles. The number of aliphatic hydroxyl groups excluding tert-OH is 2. The highest BCUT2D eigenvalue weighted by Crippen LogP contribution is 2.52. The number of benzene rings is 2. The van der Waals surface area contributed by atoms with Crippen LogP contribution in [0.4, 0.5) is 0 Å². The van der Waals surface area contributed by atoms with E-state index in [0.29, 0.717) is 26.3 Å². The van der Waals surface area contributed by atoms with Gasteiger partial charge in [-0.25, -0.2) is 0 Å². The maximum Gasteiger partial charge on any atom is 0.202 e. The van der Waals surface area contributed by atoms with Crippen LogP contribution in [0.2, 0.25) is 0 Å². The van der Waals surface area contributed by atoms with Crippen LogP contribution in [0, 0.1) is 0 Å². The number of rotatable bonds is 6. The van der Waals surface area contributed by atoms with E-state index >= 15 is 0 Å². The van der Waals surface area contributed by atoms with E-state index in [9.17, 15) is 39.9 Å². The van der Waals surface area contributed by atoms with E-state index in [2.05, 4.69) is 4.90 Å². The third kappa shape index (κ3) is 4.79. The number of fused-ring (bicyclic) bond motifs is 3. The molecule has 44 heavy (non-hydrogen) atoms. The second-order valence-corrected chi connectivity index (χ2v) is 11.7. The number of morpholine rings is 1. The topological polar surface area (TPSA) is 193 Å². The summed E-state index contributed by atoms with van der Waals surface area (Å²) in [6.45, 7) is 2.83. The molecule has 2 aliphatic heterocycles. The molecule has 0 aromatic heterocycles. The summed E-state index contributed by atoms with van der Waals surface area (Å²) in [6, 6.07) is 4.04. The third-order valence-electron chi connectivity index (χ3n) is 9.24. The van der Waals surface area contributed by atoms with Crippen molar-refractivity contribution in [3.8, 4) is 17.2 Å². The van der Waals surface area contributed by atoms with Gasteiger partial charge >= 0.3 is 0 Å². The molecule has 4 aliphatic rings. The van der Waals surface area contributed by atoms with Gasteiger partial charge in [-0.3, -0.25) is 19.3 Å². The molecule has 2 fully saturated rings. The first kappa shape index (κ1) is 30.6. The number of phenolic OH excluding ortho intramolecular Hbond substituents is 2. The Kier molecular flexibility index (Phi) is 7.99. The zero-order chi connectivity index (χ0) is 31.5. The number of hydrogen-bond donors (Lipinski definition) is 5. The number of aliphatic hydroxyl groups is 3. The Morgan fingerprint density at radius 3 is 2.48 bits per heavy atom. The number of ether oxygens (including phenoxy) is 4. The van der Waals surface area contributed by atoms with Gasteiger partial charge in [0.25, 0.3) is 0 Å². The Morgan fingerprint density at radius 2 is 1.80 bits per heavy atom. The van der Waals surface area contributed by atoms with E-state index in [-0.39, 0.29) is 40.5 Å². The summed E-state index contributed by atoms with van der Waals surface area (Å²) >= 11 is 0. The predicted octanol–water partition coefficient (Wildman–Crippen LogP) is 0.375. The summed E-state index contributed by atoms with van der Waals surface area (Å²) in [4.78, 5) is 42.3. The molecule has 13 heteroatoms. The average molecular weight is 614 g/mol. The Bertz CT molecular complexity index is 1520. The molecule has 2 aliphatic carbocycles. The molecule has 6 rings (SSSR count). The highest BCUT2D eigenvalue weighted by molar-refractivity contribution is 6.31. The van der Waals surface area contributed by atoms with E-state index in [0.717, 1.165) is 0 Å². The molecule has 0 spiro atoms. The molecular weight excluding hydrogens is 578 g/mol. The van der Waals surface area contributed by atoms with Crippen molar-refractivity contribution in [2.24, 2.45) is 0 Å². The molecule has 0 radical (unpaired) electrons. The van der Waals surface area contributed by atoms with E-state index < -0.39 is 89.6 Å². The van der Waals surface area contributed by atoms with Gasteiger partial charge in [0.05, 0.1) is 55.3 Å². The van der Waals surface area contributed by atoms with Gasteiger partial charge in [-0.05, 0) is 13.0 Å². The predicted molar refractivity (Wildman–Crippen MR) is 150 cm³/mol. The normalized spacial score (nSPS) is 30.3. The molecule has 0 amide bonds. The van der Waals surface area contributed by atoms with Crippen molar-refractivity contribution in [1.82, 2.24) is 4.90 Å². The minimum absolute atomic E-state index is 0.0425. The number of nitrogens with zero attached hydrogens (tertiary/aromatic N) is 1. The van der Waals surface area contributed by atoms with Gasteiger partial charge in [-0.1, -0.05) is 12.1 Å².